The van der Waals surface area contributed by atoms with E-state index in [0.717, 1.165) is 13.1 Å². The SMILES string of the molecule is CC(C)NCC(=O)N1CCCC1.[HH]. The van der Waals surface area contributed by atoms with Crippen LogP contribution in [0.1, 0.15) is 28.1 Å². The normalized spacial score (nSPS) is 17.4. The molecule has 1 amide bonds. The zero-order valence-electron chi connectivity index (χ0n) is 7.97. The van der Waals surface area contributed by atoms with Gasteiger partial charge in [-0.25, -0.2) is 0 Å². The minimum atomic E-state index is 0. The number of rotatable bonds is 3. The number of carbonyl (C=O) groups excluding carboxylic acids is 1. The molecule has 0 aromatic carbocycles. The van der Waals surface area contributed by atoms with E-state index in [0.29, 0.717) is 12.6 Å². The Kier molecular flexibility index (Phi) is 3.53. The maximum absolute atomic E-state index is 11.4. The molecule has 1 fully saturated rings. The van der Waals surface area contributed by atoms with Crippen molar-refractivity contribution in [3.63, 3.8) is 0 Å². The molecule has 12 heavy (non-hydrogen) atoms. The summed E-state index contributed by atoms with van der Waals surface area (Å²) in [6, 6.07) is 0.400. The van der Waals surface area contributed by atoms with Gasteiger partial charge < -0.3 is 10.2 Å². The summed E-state index contributed by atoms with van der Waals surface area (Å²) < 4.78 is 0. The predicted molar refractivity (Wildman–Crippen MR) is 51.1 cm³/mol. The number of hydrogen-bond donors (Lipinski definition) is 1. The Morgan fingerprint density at radius 2 is 2.08 bits per heavy atom. The van der Waals surface area contributed by atoms with Gasteiger partial charge in [0.25, 0.3) is 0 Å². The number of nitrogens with zero attached hydrogens (tertiary/aromatic N) is 1. The van der Waals surface area contributed by atoms with Crippen LogP contribution in [-0.2, 0) is 4.79 Å². The third-order valence-corrected chi connectivity index (χ3v) is 2.12. The van der Waals surface area contributed by atoms with Gasteiger partial charge >= 0.3 is 0 Å². The number of nitrogens with one attached hydrogen (secondary N) is 1. The van der Waals surface area contributed by atoms with Crippen molar-refractivity contribution in [1.82, 2.24) is 10.2 Å². The molecule has 0 saturated carbocycles. The van der Waals surface area contributed by atoms with Crippen molar-refractivity contribution < 1.29 is 6.22 Å². The largest absolute Gasteiger partial charge is 0.342 e. The summed E-state index contributed by atoms with van der Waals surface area (Å²) in [7, 11) is 0. The second kappa shape index (κ2) is 4.45. The molecule has 3 nitrogen and oxygen atoms in total. The highest BCUT2D eigenvalue weighted by Gasteiger charge is 2.16. The molecule has 1 aliphatic heterocycles. The van der Waals surface area contributed by atoms with Crippen LogP contribution in [0.2, 0.25) is 0 Å². The lowest BCUT2D eigenvalue weighted by Gasteiger charge is -2.16. The molecule has 1 heterocycles. The average Bonchev–Trinajstić information content (AvgIpc) is 2.51. The minimum absolute atomic E-state index is 0. The Hall–Kier alpha value is -0.570. The fraction of sp³-hybridized carbons (Fsp3) is 0.889. The zero-order valence-corrected chi connectivity index (χ0v) is 7.97. The van der Waals surface area contributed by atoms with Gasteiger partial charge in [-0.1, -0.05) is 13.8 Å². The van der Waals surface area contributed by atoms with E-state index in [1.54, 1.807) is 0 Å². The number of likely N-dealkylation sites (tertiary alicyclic amines) is 1. The van der Waals surface area contributed by atoms with E-state index in [1.807, 2.05) is 4.90 Å². The molecule has 0 atom stereocenters. The highest BCUT2D eigenvalue weighted by atomic mass is 16.2. The lowest BCUT2D eigenvalue weighted by Crippen LogP contribution is -2.38. The van der Waals surface area contributed by atoms with E-state index in [-0.39, 0.29) is 7.33 Å². The fourth-order valence-electron chi connectivity index (χ4n) is 1.37. The van der Waals surface area contributed by atoms with Gasteiger partial charge in [-0.05, 0) is 12.8 Å². The molecular weight excluding hydrogens is 152 g/mol. The van der Waals surface area contributed by atoms with Crippen LogP contribution in [0.5, 0.6) is 0 Å². The molecule has 0 radical (unpaired) electrons. The summed E-state index contributed by atoms with van der Waals surface area (Å²) in [5.74, 6) is 0.251. The monoisotopic (exact) mass is 172 g/mol. The van der Waals surface area contributed by atoms with Gasteiger partial charge in [0.05, 0.1) is 6.54 Å². The molecule has 0 aromatic heterocycles. The van der Waals surface area contributed by atoms with Gasteiger partial charge in [0.2, 0.25) is 5.91 Å². The number of carbonyl (C=O) groups is 1. The second-order valence-electron chi connectivity index (χ2n) is 3.62. The van der Waals surface area contributed by atoms with E-state index in [2.05, 4.69) is 19.2 Å². The molecule has 0 aliphatic carbocycles. The van der Waals surface area contributed by atoms with Gasteiger partial charge in [-0.3, -0.25) is 4.79 Å². The predicted octanol–water partition coefficient (Wildman–Crippen LogP) is 0.853. The maximum atomic E-state index is 11.4. The lowest BCUT2D eigenvalue weighted by molar-refractivity contribution is -0.129. The van der Waals surface area contributed by atoms with E-state index >= 15 is 0 Å². The summed E-state index contributed by atoms with van der Waals surface area (Å²) in [6.07, 6.45) is 2.35. The van der Waals surface area contributed by atoms with Gasteiger partial charge in [0, 0.05) is 20.6 Å². The zero-order chi connectivity index (χ0) is 8.97. The van der Waals surface area contributed by atoms with E-state index in [1.165, 1.54) is 12.8 Å². The topological polar surface area (TPSA) is 32.3 Å². The first-order valence-corrected chi connectivity index (χ1v) is 4.71. The van der Waals surface area contributed by atoms with Crippen molar-refractivity contribution >= 4 is 5.91 Å². The number of hydrogen-bond acceptors (Lipinski definition) is 2. The van der Waals surface area contributed by atoms with Crippen LogP contribution in [0.4, 0.5) is 0 Å². The molecule has 1 aliphatic rings. The Morgan fingerprint density at radius 1 is 1.50 bits per heavy atom. The van der Waals surface area contributed by atoms with Crippen LogP contribution in [0.3, 0.4) is 0 Å². The lowest BCUT2D eigenvalue weighted by atomic mass is 10.4. The molecule has 1 N–H and O–H groups in total. The standard InChI is InChI=1S/C9H18N2O.H2/c1-8(2)10-7-9(12)11-5-3-4-6-11;/h8,10H,3-7H2,1-2H3;1H. The highest BCUT2D eigenvalue weighted by molar-refractivity contribution is 5.78. The van der Waals surface area contributed by atoms with Crippen molar-refractivity contribution in [2.45, 2.75) is 32.7 Å². The molecule has 0 aromatic rings. The average molecular weight is 172 g/mol. The van der Waals surface area contributed by atoms with Crippen molar-refractivity contribution in [3.05, 3.63) is 0 Å². The van der Waals surface area contributed by atoms with Crippen LogP contribution in [0.15, 0.2) is 0 Å². The molecule has 72 valence electrons. The first-order chi connectivity index (χ1) is 5.70. The van der Waals surface area contributed by atoms with E-state index in [9.17, 15) is 4.79 Å². The third kappa shape index (κ3) is 2.81. The van der Waals surface area contributed by atoms with Gasteiger partial charge in [0.1, 0.15) is 0 Å². The highest BCUT2D eigenvalue weighted by Crippen LogP contribution is 2.06. The van der Waals surface area contributed by atoms with Crippen molar-refractivity contribution in [3.8, 4) is 0 Å². The van der Waals surface area contributed by atoms with Crippen molar-refractivity contribution in [2.75, 3.05) is 19.6 Å². The number of amides is 1. The Morgan fingerprint density at radius 3 is 2.58 bits per heavy atom. The maximum Gasteiger partial charge on any atom is 0.236 e. The molecule has 0 bridgehead atoms. The summed E-state index contributed by atoms with van der Waals surface area (Å²) in [6.45, 7) is 6.52. The molecule has 1 saturated heterocycles. The molecule has 0 unspecified atom stereocenters. The van der Waals surface area contributed by atoms with Crippen molar-refractivity contribution in [1.29, 1.82) is 0 Å². The summed E-state index contributed by atoms with van der Waals surface area (Å²) in [4.78, 5) is 13.4. The molecule has 3 heteroatoms. The Bertz CT molecular complexity index is 156. The molecule has 1 rings (SSSR count). The van der Waals surface area contributed by atoms with E-state index in [4.69, 9.17) is 0 Å². The summed E-state index contributed by atoms with van der Waals surface area (Å²) in [5.41, 5.74) is 0. The summed E-state index contributed by atoms with van der Waals surface area (Å²) in [5, 5.41) is 3.13. The van der Waals surface area contributed by atoms with Crippen LogP contribution >= 0.6 is 0 Å². The van der Waals surface area contributed by atoms with Gasteiger partial charge in [0.15, 0.2) is 0 Å². The quantitative estimate of drug-likeness (QED) is 0.684. The van der Waals surface area contributed by atoms with Crippen LogP contribution in [-0.4, -0.2) is 36.5 Å². The van der Waals surface area contributed by atoms with Crippen LogP contribution in [0, 0.1) is 0 Å². The van der Waals surface area contributed by atoms with Crippen LogP contribution in [0.25, 0.3) is 0 Å². The van der Waals surface area contributed by atoms with Crippen LogP contribution < -0.4 is 5.32 Å². The minimum Gasteiger partial charge on any atom is -0.342 e. The smallest absolute Gasteiger partial charge is 0.236 e. The van der Waals surface area contributed by atoms with Gasteiger partial charge in [-0.15, -0.1) is 0 Å². The van der Waals surface area contributed by atoms with E-state index < -0.39 is 0 Å². The first kappa shape index (κ1) is 9.52. The Balaban J connectivity index is 0.00000144. The third-order valence-electron chi connectivity index (χ3n) is 2.12. The molecule has 0 spiro atoms. The second-order valence-corrected chi connectivity index (χ2v) is 3.62. The molecular formula is C9H20N2O. The van der Waals surface area contributed by atoms with Gasteiger partial charge in [-0.2, -0.15) is 0 Å². The first-order valence-electron chi connectivity index (χ1n) is 4.71. The van der Waals surface area contributed by atoms with Crippen molar-refractivity contribution in [2.24, 2.45) is 0 Å². The Labute approximate surface area is 75.6 Å². The summed E-state index contributed by atoms with van der Waals surface area (Å²) >= 11 is 0. The fourth-order valence-corrected chi connectivity index (χ4v) is 1.37.